The molecule has 2 rings (SSSR count). The number of aliphatic carboxylic acids is 1. The van der Waals surface area contributed by atoms with E-state index in [0.717, 1.165) is 0 Å². The summed E-state index contributed by atoms with van der Waals surface area (Å²) in [5, 5.41) is 12.0. The van der Waals surface area contributed by atoms with Crippen molar-refractivity contribution in [2.45, 2.75) is 26.3 Å². The maximum Gasteiger partial charge on any atom is 0.305 e. The smallest absolute Gasteiger partial charge is 0.305 e. The predicted molar refractivity (Wildman–Crippen MR) is 101 cm³/mol. The van der Waals surface area contributed by atoms with Crippen molar-refractivity contribution in [1.82, 2.24) is 15.3 Å². The fraction of sp³-hybridized carbons (Fsp3) is 0.368. The standard InChI is InChI=1S/C19H24N4O4/c1-5-27-14-8-6-13(7-9-14)16(10-17(24)25)22-18(26)15-11-20-19(23(3)4)21-12(15)2/h6-9,11,16H,5,10H2,1-4H3,(H,22,26)(H,24,25). The van der Waals surface area contributed by atoms with Crippen LogP contribution in [0.15, 0.2) is 30.5 Å². The molecule has 0 aliphatic rings. The number of carboxylic acid groups (broad SMARTS) is 1. The number of benzene rings is 1. The number of aromatic nitrogens is 2. The topological polar surface area (TPSA) is 105 Å². The van der Waals surface area contributed by atoms with Crippen molar-refractivity contribution >= 4 is 17.8 Å². The number of nitrogens with one attached hydrogen (secondary N) is 1. The van der Waals surface area contributed by atoms with Crippen LogP contribution in [0.4, 0.5) is 5.95 Å². The Kier molecular flexibility index (Phi) is 6.70. The minimum absolute atomic E-state index is 0.241. The number of carbonyl (C=O) groups is 2. The molecule has 1 unspecified atom stereocenters. The monoisotopic (exact) mass is 372 g/mol. The minimum atomic E-state index is -1.01. The van der Waals surface area contributed by atoms with Gasteiger partial charge in [-0.2, -0.15) is 0 Å². The van der Waals surface area contributed by atoms with E-state index in [-0.39, 0.29) is 6.42 Å². The average Bonchev–Trinajstić information content (AvgIpc) is 2.61. The quantitative estimate of drug-likeness (QED) is 0.732. The molecule has 2 N–H and O–H groups in total. The minimum Gasteiger partial charge on any atom is -0.494 e. The zero-order chi connectivity index (χ0) is 20.0. The molecule has 1 heterocycles. The summed E-state index contributed by atoms with van der Waals surface area (Å²) in [5.41, 5.74) is 1.51. The van der Waals surface area contributed by atoms with Crippen molar-refractivity contribution < 1.29 is 19.4 Å². The second-order valence-corrected chi connectivity index (χ2v) is 6.19. The molecule has 0 bridgehead atoms. The van der Waals surface area contributed by atoms with Crippen molar-refractivity contribution in [3.63, 3.8) is 0 Å². The highest BCUT2D eigenvalue weighted by Gasteiger charge is 2.21. The zero-order valence-electron chi connectivity index (χ0n) is 15.9. The number of rotatable bonds is 8. The Bertz CT molecular complexity index is 806. The second-order valence-electron chi connectivity index (χ2n) is 6.19. The largest absolute Gasteiger partial charge is 0.494 e. The lowest BCUT2D eigenvalue weighted by Gasteiger charge is -2.19. The van der Waals surface area contributed by atoms with Crippen LogP contribution in [0, 0.1) is 6.92 Å². The molecule has 144 valence electrons. The van der Waals surface area contributed by atoms with E-state index in [1.54, 1.807) is 36.1 Å². The molecule has 1 atom stereocenters. The van der Waals surface area contributed by atoms with E-state index in [2.05, 4.69) is 15.3 Å². The summed E-state index contributed by atoms with van der Waals surface area (Å²) in [4.78, 5) is 34.1. The van der Waals surface area contributed by atoms with Gasteiger partial charge in [-0.25, -0.2) is 9.97 Å². The molecule has 1 amide bonds. The third-order valence-electron chi connectivity index (χ3n) is 3.89. The summed E-state index contributed by atoms with van der Waals surface area (Å²) in [6.45, 7) is 4.14. The van der Waals surface area contributed by atoms with Gasteiger partial charge in [-0.3, -0.25) is 9.59 Å². The fourth-order valence-electron chi connectivity index (χ4n) is 2.52. The maximum absolute atomic E-state index is 12.7. The molecule has 2 aromatic rings. The summed E-state index contributed by atoms with van der Waals surface area (Å²) in [7, 11) is 3.62. The van der Waals surface area contributed by atoms with Crippen LogP contribution >= 0.6 is 0 Å². The Morgan fingerprint density at radius 2 is 1.93 bits per heavy atom. The molecule has 0 saturated carbocycles. The van der Waals surface area contributed by atoms with Gasteiger partial charge in [0.1, 0.15) is 5.75 Å². The molecule has 0 saturated heterocycles. The molecule has 27 heavy (non-hydrogen) atoms. The van der Waals surface area contributed by atoms with E-state index in [1.165, 1.54) is 6.20 Å². The predicted octanol–water partition coefficient (Wildman–Crippen LogP) is 2.20. The van der Waals surface area contributed by atoms with E-state index in [0.29, 0.717) is 35.1 Å². The SMILES string of the molecule is CCOc1ccc(C(CC(=O)O)NC(=O)c2cnc(N(C)C)nc2C)cc1. The molecule has 1 aromatic heterocycles. The van der Waals surface area contributed by atoms with Crippen molar-refractivity contribution in [1.29, 1.82) is 0 Å². The summed E-state index contributed by atoms with van der Waals surface area (Å²) in [5.74, 6) is -0.245. The number of carboxylic acids is 1. The van der Waals surface area contributed by atoms with Gasteiger partial charge in [0.15, 0.2) is 0 Å². The van der Waals surface area contributed by atoms with Crippen LogP contribution < -0.4 is 15.0 Å². The van der Waals surface area contributed by atoms with Gasteiger partial charge in [0.05, 0.1) is 30.3 Å². The Hall–Kier alpha value is -3.16. The Labute approximate surface area is 158 Å². The van der Waals surface area contributed by atoms with Crippen LogP contribution in [-0.4, -0.2) is 47.7 Å². The third kappa shape index (κ3) is 5.40. The number of hydrogen-bond donors (Lipinski definition) is 2. The van der Waals surface area contributed by atoms with Crippen molar-refractivity contribution in [2.24, 2.45) is 0 Å². The number of amides is 1. The zero-order valence-corrected chi connectivity index (χ0v) is 15.9. The molecule has 0 spiro atoms. The van der Waals surface area contributed by atoms with E-state index in [1.807, 2.05) is 21.0 Å². The van der Waals surface area contributed by atoms with Gasteiger partial charge in [0.2, 0.25) is 5.95 Å². The van der Waals surface area contributed by atoms with Crippen LogP contribution in [0.2, 0.25) is 0 Å². The molecular weight excluding hydrogens is 348 g/mol. The van der Waals surface area contributed by atoms with E-state index < -0.39 is 17.9 Å². The van der Waals surface area contributed by atoms with Gasteiger partial charge in [-0.1, -0.05) is 12.1 Å². The molecule has 8 heteroatoms. The number of anilines is 1. The molecule has 0 aliphatic heterocycles. The third-order valence-corrected chi connectivity index (χ3v) is 3.89. The van der Waals surface area contributed by atoms with Gasteiger partial charge in [0.25, 0.3) is 5.91 Å². The van der Waals surface area contributed by atoms with Crippen LogP contribution in [0.5, 0.6) is 5.75 Å². The number of ether oxygens (including phenoxy) is 1. The van der Waals surface area contributed by atoms with Gasteiger partial charge in [-0.05, 0) is 31.5 Å². The van der Waals surface area contributed by atoms with E-state index in [9.17, 15) is 14.7 Å². The van der Waals surface area contributed by atoms with Crippen LogP contribution in [-0.2, 0) is 4.79 Å². The Balaban J connectivity index is 2.22. The van der Waals surface area contributed by atoms with Gasteiger partial charge < -0.3 is 20.1 Å². The van der Waals surface area contributed by atoms with Crippen molar-refractivity contribution in [3.8, 4) is 5.75 Å². The normalized spacial score (nSPS) is 11.6. The lowest BCUT2D eigenvalue weighted by Crippen LogP contribution is -2.31. The van der Waals surface area contributed by atoms with Gasteiger partial charge in [-0.15, -0.1) is 0 Å². The van der Waals surface area contributed by atoms with Crippen LogP contribution in [0.3, 0.4) is 0 Å². The van der Waals surface area contributed by atoms with Gasteiger partial charge in [0, 0.05) is 20.3 Å². The molecule has 8 nitrogen and oxygen atoms in total. The fourth-order valence-corrected chi connectivity index (χ4v) is 2.52. The molecule has 0 aliphatic carbocycles. The Morgan fingerprint density at radius 3 is 2.44 bits per heavy atom. The maximum atomic E-state index is 12.7. The number of carbonyl (C=O) groups excluding carboxylic acids is 1. The highest BCUT2D eigenvalue weighted by molar-refractivity contribution is 5.95. The lowest BCUT2D eigenvalue weighted by molar-refractivity contribution is -0.137. The first-order valence-corrected chi connectivity index (χ1v) is 8.58. The van der Waals surface area contributed by atoms with E-state index in [4.69, 9.17) is 4.74 Å². The van der Waals surface area contributed by atoms with Gasteiger partial charge >= 0.3 is 5.97 Å². The summed E-state index contributed by atoms with van der Waals surface area (Å²) < 4.78 is 5.39. The summed E-state index contributed by atoms with van der Waals surface area (Å²) >= 11 is 0. The average molecular weight is 372 g/mol. The molecule has 1 aromatic carbocycles. The first-order chi connectivity index (χ1) is 12.8. The second kappa shape index (κ2) is 8.98. The summed E-state index contributed by atoms with van der Waals surface area (Å²) in [6.07, 6.45) is 1.21. The summed E-state index contributed by atoms with van der Waals surface area (Å²) in [6, 6.07) is 6.31. The van der Waals surface area contributed by atoms with Crippen molar-refractivity contribution in [2.75, 3.05) is 25.6 Å². The Morgan fingerprint density at radius 1 is 1.26 bits per heavy atom. The number of hydrogen-bond acceptors (Lipinski definition) is 6. The first-order valence-electron chi connectivity index (χ1n) is 8.58. The number of aryl methyl sites for hydroxylation is 1. The van der Waals surface area contributed by atoms with E-state index >= 15 is 0 Å². The molecule has 0 radical (unpaired) electrons. The van der Waals surface area contributed by atoms with Crippen LogP contribution in [0.1, 0.15) is 41.0 Å². The van der Waals surface area contributed by atoms with Crippen LogP contribution in [0.25, 0.3) is 0 Å². The highest BCUT2D eigenvalue weighted by Crippen LogP contribution is 2.21. The first kappa shape index (κ1) is 20.2. The lowest BCUT2D eigenvalue weighted by atomic mass is 10.0. The molecule has 0 fully saturated rings. The van der Waals surface area contributed by atoms with Crippen molar-refractivity contribution in [3.05, 3.63) is 47.3 Å². The highest BCUT2D eigenvalue weighted by atomic mass is 16.5. The number of nitrogens with zero attached hydrogens (tertiary/aromatic N) is 3. The molecular formula is C19H24N4O4.